The van der Waals surface area contributed by atoms with E-state index in [1.165, 1.54) is 24.4 Å². The van der Waals surface area contributed by atoms with Crippen molar-refractivity contribution in [2.24, 2.45) is 0 Å². The number of fused-ring (bicyclic) bond motifs is 4. The van der Waals surface area contributed by atoms with Crippen LogP contribution in [0.15, 0.2) is 54.7 Å². The van der Waals surface area contributed by atoms with Gasteiger partial charge >= 0.3 is 12.2 Å². The van der Waals surface area contributed by atoms with E-state index in [0.29, 0.717) is 48.7 Å². The highest BCUT2D eigenvalue weighted by Crippen LogP contribution is 2.41. The number of piperazine rings is 1. The van der Waals surface area contributed by atoms with Crippen LogP contribution in [0.2, 0.25) is 0 Å². The molecule has 4 saturated heterocycles. The average molecular weight is 663 g/mol. The van der Waals surface area contributed by atoms with Gasteiger partial charge in [0.15, 0.2) is 5.82 Å². The second-order valence-electron chi connectivity index (χ2n) is 13.6. The van der Waals surface area contributed by atoms with Crippen molar-refractivity contribution in [3.63, 3.8) is 0 Å². The first kappa shape index (κ1) is 31.3. The van der Waals surface area contributed by atoms with Crippen molar-refractivity contribution in [3.8, 4) is 23.0 Å². The number of pyridine rings is 1. The number of aromatic nitrogens is 3. The summed E-state index contributed by atoms with van der Waals surface area (Å²) in [5, 5.41) is 4.02. The molecule has 0 aliphatic carbocycles. The topological polar surface area (TPSA) is 75.6 Å². The van der Waals surface area contributed by atoms with Gasteiger partial charge in [0.2, 0.25) is 0 Å². The second kappa shape index (κ2) is 12.5. The Bertz CT molecular complexity index is 1780. The van der Waals surface area contributed by atoms with Crippen molar-refractivity contribution in [1.29, 1.82) is 0 Å². The number of rotatable bonds is 9. The second-order valence-corrected chi connectivity index (χ2v) is 13.6. The van der Waals surface area contributed by atoms with Gasteiger partial charge in [-0.05, 0) is 74.9 Å². The maximum absolute atomic E-state index is 16.8. The number of benzene rings is 2. The number of nitrogens with zero attached hydrogens (tertiary/aromatic N) is 5. The fourth-order valence-corrected chi connectivity index (χ4v) is 8.12. The third-order valence-electron chi connectivity index (χ3n) is 10.4. The molecule has 2 atom stereocenters. The zero-order valence-corrected chi connectivity index (χ0v) is 26.6. The molecule has 1 N–H and O–H groups in total. The molecule has 0 amide bonds. The molecular weight excluding hydrogens is 624 g/mol. The molecule has 8 rings (SSSR count). The Kier molecular flexibility index (Phi) is 8.11. The fourth-order valence-electron chi connectivity index (χ4n) is 8.12. The van der Waals surface area contributed by atoms with Gasteiger partial charge in [-0.25, -0.2) is 4.39 Å². The highest BCUT2D eigenvalue weighted by molar-refractivity contribution is 5.92. The summed E-state index contributed by atoms with van der Waals surface area (Å²) in [5.74, 6) is 0.0278. The number of ether oxygens (including phenoxy) is 2. The number of nitrogens with one attached hydrogen (secondary N) is 1. The van der Waals surface area contributed by atoms with Gasteiger partial charge in [-0.1, -0.05) is 36.4 Å². The third kappa shape index (κ3) is 6.16. The Labute approximate surface area is 276 Å². The van der Waals surface area contributed by atoms with Crippen LogP contribution in [0.5, 0.6) is 11.8 Å². The van der Waals surface area contributed by atoms with Crippen LogP contribution < -0.4 is 19.7 Å². The van der Waals surface area contributed by atoms with Crippen molar-refractivity contribution in [1.82, 2.24) is 25.2 Å². The standard InChI is InChI=1S/C36H38F4N6O2/c37-30-31(28-16-27(11-8-24(28)17-36(38,39)40)47-21-23-6-2-1-3-7-23)41-18-29-32(30)43-34(48-22-35-12-4-14-46(35)15-5-13-35)44-33(29)45-19-25-9-10-26(20-45)42-25/h1-3,6-8,11,16,18,25-26,42H,4-5,9-10,12-15,17,19-22H2. The highest BCUT2D eigenvalue weighted by Gasteiger charge is 2.45. The van der Waals surface area contributed by atoms with Crippen molar-refractivity contribution in [2.45, 2.75) is 75.4 Å². The Morgan fingerprint density at radius 2 is 1.69 bits per heavy atom. The first-order chi connectivity index (χ1) is 23.2. The summed E-state index contributed by atoms with van der Waals surface area (Å²) in [6, 6.07) is 14.3. The Morgan fingerprint density at radius 3 is 2.42 bits per heavy atom. The van der Waals surface area contributed by atoms with E-state index < -0.39 is 18.4 Å². The summed E-state index contributed by atoms with van der Waals surface area (Å²) in [4.78, 5) is 18.5. The van der Waals surface area contributed by atoms with E-state index in [2.05, 4.69) is 25.1 Å². The van der Waals surface area contributed by atoms with Crippen molar-refractivity contribution in [2.75, 3.05) is 37.7 Å². The van der Waals surface area contributed by atoms with Crippen molar-refractivity contribution < 1.29 is 27.0 Å². The normalized spacial score (nSPS) is 22.0. The lowest BCUT2D eigenvalue weighted by Gasteiger charge is -2.34. The Hall–Kier alpha value is -4.03. The minimum atomic E-state index is -4.51. The van der Waals surface area contributed by atoms with E-state index in [1.807, 2.05) is 30.3 Å². The van der Waals surface area contributed by atoms with Gasteiger partial charge in [0.05, 0.1) is 17.3 Å². The molecule has 0 radical (unpaired) electrons. The molecule has 4 fully saturated rings. The van der Waals surface area contributed by atoms with E-state index in [4.69, 9.17) is 14.5 Å². The van der Waals surface area contributed by atoms with E-state index in [0.717, 1.165) is 57.2 Å². The van der Waals surface area contributed by atoms with Crippen molar-refractivity contribution >= 4 is 16.7 Å². The van der Waals surface area contributed by atoms with Gasteiger partial charge in [0.1, 0.15) is 36.0 Å². The highest BCUT2D eigenvalue weighted by atomic mass is 19.4. The zero-order chi connectivity index (χ0) is 32.9. The summed E-state index contributed by atoms with van der Waals surface area (Å²) in [6.07, 6.45) is 2.10. The first-order valence-corrected chi connectivity index (χ1v) is 16.8. The molecule has 252 valence electrons. The predicted molar refractivity (Wildman–Crippen MR) is 174 cm³/mol. The van der Waals surface area contributed by atoms with Gasteiger partial charge in [0.25, 0.3) is 0 Å². The molecule has 0 spiro atoms. The molecule has 4 aromatic rings. The maximum atomic E-state index is 16.8. The summed E-state index contributed by atoms with van der Waals surface area (Å²) in [7, 11) is 0. The lowest BCUT2D eigenvalue weighted by atomic mass is 9.95. The fraction of sp³-hybridized carbons (Fsp3) is 0.472. The maximum Gasteiger partial charge on any atom is 0.393 e. The Morgan fingerprint density at radius 1 is 0.938 bits per heavy atom. The molecule has 2 aromatic heterocycles. The van der Waals surface area contributed by atoms with E-state index in [1.54, 1.807) is 0 Å². The molecule has 0 saturated carbocycles. The predicted octanol–water partition coefficient (Wildman–Crippen LogP) is 6.46. The summed E-state index contributed by atoms with van der Waals surface area (Å²) < 4.78 is 70.3. The van der Waals surface area contributed by atoms with E-state index in [-0.39, 0.29) is 40.5 Å². The van der Waals surface area contributed by atoms with Crippen LogP contribution in [0.3, 0.4) is 0 Å². The van der Waals surface area contributed by atoms with Gasteiger partial charge in [0, 0.05) is 36.9 Å². The number of hydrogen-bond donors (Lipinski definition) is 1. The SMILES string of the molecule is Fc1c(-c2cc(OCc3ccccc3)ccc2CC(F)(F)F)ncc2c(N3CC4CCC(C3)N4)nc(OCC34CCCN3CCC4)nc12. The molecule has 2 aromatic carbocycles. The Balaban J connectivity index is 1.20. The van der Waals surface area contributed by atoms with Crippen LogP contribution >= 0.6 is 0 Å². The largest absolute Gasteiger partial charge is 0.489 e. The van der Waals surface area contributed by atoms with Crippen LogP contribution in [0.4, 0.5) is 23.4 Å². The monoisotopic (exact) mass is 662 g/mol. The quantitative estimate of drug-likeness (QED) is 0.205. The van der Waals surface area contributed by atoms with Crippen LogP contribution in [-0.4, -0.2) is 76.4 Å². The van der Waals surface area contributed by atoms with Gasteiger partial charge in [-0.3, -0.25) is 9.88 Å². The number of halogens is 4. The van der Waals surface area contributed by atoms with E-state index in [9.17, 15) is 13.2 Å². The van der Waals surface area contributed by atoms with Crippen LogP contribution in [0.25, 0.3) is 22.2 Å². The summed E-state index contributed by atoms with van der Waals surface area (Å²) in [5.41, 5.74) is 0.481. The van der Waals surface area contributed by atoms with Crippen LogP contribution in [-0.2, 0) is 13.0 Å². The molecule has 2 unspecified atom stereocenters. The molecule has 8 nitrogen and oxygen atoms in total. The van der Waals surface area contributed by atoms with Gasteiger partial charge < -0.3 is 19.7 Å². The summed E-state index contributed by atoms with van der Waals surface area (Å²) >= 11 is 0. The minimum absolute atomic E-state index is 0.00609. The molecule has 6 heterocycles. The molecule has 4 aliphatic heterocycles. The number of alkyl halides is 3. The van der Waals surface area contributed by atoms with Crippen molar-refractivity contribution in [3.05, 3.63) is 71.7 Å². The number of anilines is 1. The molecule has 2 bridgehead atoms. The number of hydrogen-bond acceptors (Lipinski definition) is 8. The van der Waals surface area contributed by atoms with E-state index >= 15 is 4.39 Å². The zero-order valence-electron chi connectivity index (χ0n) is 26.6. The minimum Gasteiger partial charge on any atom is -0.489 e. The smallest absolute Gasteiger partial charge is 0.393 e. The molecular formula is C36H38F4N6O2. The lowest BCUT2D eigenvalue weighted by molar-refractivity contribution is -0.127. The van der Waals surface area contributed by atoms with Gasteiger partial charge in [-0.15, -0.1) is 0 Å². The molecule has 12 heteroatoms. The average Bonchev–Trinajstić information content (AvgIpc) is 3.76. The first-order valence-electron chi connectivity index (χ1n) is 16.8. The van der Waals surface area contributed by atoms with Crippen LogP contribution in [0.1, 0.15) is 49.7 Å². The summed E-state index contributed by atoms with van der Waals surface area (Å²) in [6.45, 7) is 4.07. The molecule has 48 heavy (non-hydrogen) atoms. The lowest BCUT2D eigenvalue weighted by Crippen LogP contribution is -2.51. The molecule has 4 aliphatic rings. The van der Waals surface area contributed by atoms with Gasteiger partial charge in [-0.2, -0.15) is 23.1 Å². The third-order valence-corrected chi connectivity index (χ3v) is 10.4. The van der Waals surface area contributed by atoms with Crippen LogP contribution in [0, 0.1) is 5.82 Å².